The van der Waals surface area contributed by atoms with Gasteiger partial charge in [-0.1, -0.05) is 13.0 Å². The van der Waals surface area contributed by atoms with Crippen molar-refractivity contribution in [2.75, 3.05) is 13.7 Å². The number of thiazole rings is 1. The van der Waals surface area contributed by atoms with E-state index in [0.29, 0.717) is 6.61 Å². The normalized spacial score (nSPS) is 12.2. The fourth-order valence-corrected chi connectivity index (χ4v) is 2.51. The van der Waals surface area contributed by atoms with Gasteiger partial charge in [-0.2, -0.15) is 0 Å². The molecular weight excluding hydrogens is 272 g/mol. The highest BCUT2D eigenvalue weighted by Crippen LogP contribution is 2.30. The van der Waals surface area contributed by atoms with Gasteiger partial charge in [0.25, 0.3) is 0 Å². The van der Waals surface area contributed by atoms with E-state index < -0.39 is 0 Å². The molecular formula is C15H20N2O2S. The minimum absolute atomic E-state index is 0.238. The van der Waals surface area contributed by atoms with E-state index in [4.69, 9.17) is 9.47 Å². The second-order valence-electron chi connectivity index (χ2n) is 4.44. The van der Waals surface area contributed by atoms with Crippen molar-refractivity contribution in [2.45, 2.75) is 26.5 Å². The molecule has 0 aliphatic heterocycles. The van der Waals surface area contributed by atoms with E-state index in [9.17, 15) is 0 Å². The molecule has 0 saturated heterocycles. The van der Waals surface area contributed by atoms with Crippen molar-refractivity contribution < 1.29 is 9.47 Å². The van der Waals surface area contributed by atoms with Gasteiger partial charge in [0.15, 0.2) is 0 Å². The van der Waals surface area contributed by atoms with Gasteiger partial charge >= 0.3 is 0 Å². The van der Waals surface area contributed by atoms with E-state index in [1.54, 1.807) is 18.4 Å². The summed E-state index contributed by atoms with van der Waals surface area (Å²) in [7, 11) is 1.66. The molecule has 2 aromatic rings. The number of nitrogens with zero attached hydrogens (tertiary/aromatic N) is 1. The maximum atomic E-state index is 5.94. The van der Waals surface area contributed by atoms with Gasteiger partial charge in [-0.3, -0.25) is 4.98 Å². The second kappa shape index (κ2) is 7.26. The van der Waals surface area contributed by atoms with Crippen LogP contribution in [0.1, 0.15) is 30.3 Å². The van der Waals surface area contributed by atoms with Crippen LogP contribution in [0.5, 0.6) is 11.5 Å². The van der Waals surface area contributed by atoms with Crippen molar-refractivity contribution in [1.82, 2.24) is 10.3 Å². The summed E-state index contributed by atoms with van der Waals surface area (Å²) in [6.07, 6.45) is 1.83. The fraction of sp³-hybridized carbons (Fsp3) is 0.400. The lowest BCUT2D eigenvalue weighted by molar-refractivity contribution is 0.300. The summed E-state index contributed by atoms with van der Waals surface area (Å²) in [5.41, 5.74) is 2.95. The molecule has 0 amide bonds. The Bertz CT molecular complexity index is 529. The van der Waals surface area contributed by atoms with Gasteiger partial charge in [-0.15, -0.1) is 11.3 Å². The Labute approximate surface area is 123 Å². The first kappa shape index (κ1) is 14.8. The summed E-state index contributed by atoms with van der Waals surface area (Å²) in [6.45, 7) is 5.67. The average Bonchev–Trinajstić information content (AvgIpc) is 2.98. The van der Waals surface area contributed by atoms with Gasteiger partial charge in [0.1, 0.15) is 18.1 Å². The molecule has 0 saturated carbocycles. The van der Waals surface area contributed by atoms with E-state index in [2.05, 4.69) is 24.1 Å². The third-order valence-corrected chi connectivity index (χ3v) is 3.80. The van der Waals surface area contributed by atoms with Crippen molar-refractivity contribution in [1.29, 1.82) is 0 Å². The number of hydrogen-bond acceptors (Lipinski definition) is 5. The van der Waals surface area contributed by atoms with E-state index in [1.807, 2.05) is 29.9 Å². The highest BCUT2D eigenvalue weighted by molar-refractivity contribution is 7.09. The molecule has 1 N–H and O–H groups in total. The molecule has 0 fully saturated rings. The van der Waals surface area contributed by atoms with Crippen LogP contribution in [-0.4, -0.2) is 18.6 Å². The average molecular weight is 292 g/mol. The fourth-order valence-electron chi connectivity index (χ4n) is 2.00. The zero-order valence-corrected chi connectivity index (χ0v) is 12.9. The van der Waals surface area contributed by atoms with Crippen molar-refractivity contribution in [3.8, 4) is 11.5 Å². The largest absolute Gasteiger partial charge is 0.497 e. The van der Waals surface area contributed by atoms with Crippen LogP contribution in [-0.2, 0) is 6.61 Å². The highest BCUT2D eigenvalue weighted by Gasteiger charge is 2.12. The molecule has 0 aliphatic rings. The summed E-state index contributed by atoms with van der Waals surface area (Å²) >= 11 is 1.59. The highest BCUT2D eigenvalue weighted by atomic mass is 32.1. The summed E-state index contributed by atoms with van der Waals surface area (Å²) in [5, 5.41) is 3.40. The Hall–Kier alpha value is -1.59. The van der Waals surface area contributed by atoms with Crippen LogP contribution in [0, 0.1) is 0 Å². The van der Waals surface area contributed by atoms with Crippen LogP contribution in [0.3, 0.4) is 0 Å². The predicted octanol–water partition coefficient (Wildman–Crippen LogP) is 3.40. The summed E-state index contributed by atoms with van der Waals surface area (Å²) in [4.78, 5) is 5.16. The van der Waals surface area contributed by atoms with Crippen molar-refractivity contribution >= 4 is 11.3 Å². The first-order valence-electron chi connectivity index (χ1n) is 6.66. The minimum Gasteiger partial charge on any atom is -0.497 e. The Balaban J connectivity index is 2.18. The molecule has 1 aromatic carbocycles. The monoisotopic (exact) mass is 292 g/mol. The molecule has 1 atom stereocenters. The van der Waals surface area contributed by atoms with Gasteiger partial charge in [0.05, 0.1) is 17.5 Å². The first-order valence-corrected chi connectivity index (χ1v) is 7.54. The first-order chi connectivity index (χ1) is 9.74. The standard InChI is InChI=1S/C15H20N2O2S/c1-4-17-11(2)14-6-5-12(18-3)7-15(14)19-9-13-8-16-10-20-13/h5-8,10-11,17H,4,9H2,1-3H3. The molecule has 0 spiro atoms. The molecule has 4 nitrogen and oxygen atoms in total. The molecule has 108 valence electrons. The molecule has 1 heterocycles. The molecule has 2 rings (SSSR count). The number of hydrogen-bond donors (Lipinski definition) is 1. The van der Waals surface area contributed by atoms with Crippen LogP contribution in [0.15, 0.2) is 29.9 Å². The van der Waals surface area contributed by atoms with Gasteiger partial charge in [0, 0.05) is 23.9 Å². The topological polar surface area (TPSA) is 43.4 Å². The van der Waals surface area contributed by atoms with Crippen LogP contribution in [0.25, 0.3) is 0 Å². The molecule has 0 radical (unpaired) electrons. The summed E-state index contributed by atoms with van der Waals surface area (Å²) < 4.78 is 11.2. The molecule has 0 bridgehead atoms. The van der Waals surface area contributed by atoms with Crippen molar-refractivity contribution in [3.05, 3.63) is 40.3 Å². The van der Waals surface area contributed by atoms with Crippen LogP contribution >= 0.6 is 11.3 Å². The number of nitrogens with one attached hydrogen (secondary N) is 1. The zero-order valence-electron chi connectivity index (χ0n) is 12.1. The third kappa shape index (κ3) is 3.71. The van der Waals surface area contributed by atoms with Crippen molar-refractivity contribution in [3.63, 3.8) is 0 Å². The predicted molar refractivity (Wildman–Crippen MR) is 81.5 cm³/mol. The van der Waals surface area contributed by atoms with Crippen LogP contribution < -0.4 is 14.8 Å². The van der Waals surface area contributed by atoms with E-state index in [-0.39, 0.29) is 6.04 Å². The molecule has 20 heavy (non-hydrogen) atoms. The number of benzene rings is 1. The Kier molecular flexibility index (Phi) is 5.38. The Morgan fingerprint density at radius 2 is 2.25 bits per heavy atom. The lowest BCUT2D eigenvalue weighted by Gasteiger charge is -2.18. The summed E-state index contributed by atoms with van der Waals surface area (Å²) in [5.74, 6) is 1.66. The van der Waals surface area contributed by atoms with Crippen LogP contribution in [0.2, 0.25) is 0 Å². The van der Waals surface area contributed by atoms with Gasteiger partial charge in [-0.25, -0.2) is 0 Å². The van der Waals surface area contributed by atoms with E-state index in [0.717, 1.165) is 28.5 Å². The van der Waals surface area contributed by atoms with Gasteiger partial charge in [-0.05, 0) is 19.5 Å². The summed E-state index contributed by atoms with van der Waals surface area (Å²) in [6, 6.07) is 6.18. The second-order valence-corrected chi connectivity index (χ2v) is 5.41. The number of rotatable bonds is 7. The maximum Gasteiger partial charge on any atom is 0.128 e. The zero-order chi connectivity index (χ0) is 14.4. The van der Waals surface area contributed by atoms with E-state index in [1.165, 1.54) is 0 Å². The maximum absolute atomic E-state index is 5.94. The molecule has 1 aromatic heterocycles. The van der Waals surface area contributed by atoms with Crippen molar-refractivity contribution in [2.24, 2.45) is 0 Å². The molecule has 5 heteroatoms. The minimum atomic E-state index is 0.238. The smallest absolute Gasteiger partial charge is 0.128 e. The quantitative estimate of drug-likeness (QED) is 0.849. The SMILES string of the molecule is CCNC(C)c1ccc(OC)cc1OCc1cncs1. The van der Waals surface area contributed by atoms with Crippen LogP contribution in [0.4, 0.5) is 0 Å². The Morgan fingerprint density at radius 1 is 1.40 bits per heavy atom. The molecule has 0 aliphatic carbocycles. The third-order valence-electron chi connectivity index (χ3n) is 3.05. The van der Waals surface area contributed by atoms with Gasteiger partial charge in [0.2, 0.25) is 0 Å². The molecule has 1 unspecified atom stereocenters. The van der Waals surface area contributed by atoms with E-state index >= 15 is 0 Å². The number of aromatic nitrogens is 1. The number of ether oxygens (including phenoxy) is 2. The van der Waals surface area contributed by atoms with Gasteiger partial charge < -0.3 is 14.8 Å². The lowest BCUT2D eigenvalue weighted by Crippen LogP contribution is -2.18. The Morgan fingerprint density at radius 3 is 2.90 bits per heavy atom. The lowest BCUT2D eigenvalue weighted by atomic mass is 10.1. The number of methoxy groups -OCH3 is 1.